The summed E-state index contributed by atoms with van der Waals surface area (Å²) in [6.45, 7) is 2.55. The van der Waals surface area contributed by atoms with Crippen LogP contribution in [-0.2, 0) is 6.54 Å². The number of aryl methyl sites for hydroxylation is 1. The average molecular weight is 322 g/mol. The molecule has 0 aliphatic rings. The Morgan fingerprint density at radius 1 is 1.26 bits per heavy atom. The molecule has 0 heterocycles. The fraction of sp³-hybridized carbons (Fsp3) is 0.200. The Bertz CT molecular complexity index is 584. The van der Waals surface area contributed by atoms with Gasteiger partial charge in [0, 0.05) is 12.1 Å². The molecule has 0 fully saturated rings. The molecular weight excluding hydrogens is 306 g/mol. The van der Waals surface area contributed by atoms with Gasteiger partial charge in [-0.3, -0.25) is 0 Å². The second-order valence-corrected chi connectivity index (χ2v) is 5.16. The maximum Gasteiger partial charge on any atom is 0.142 e. The van der Waals surface area contributed by atoms with Gasteiger partial charge in [0.15, 0.2) is 0 Å². The summed E-state index contributed by atoms with van der Waals surface area (Å²) in [5.74, 6) is 1.07. The van der Waals surface area contributed by atoms with Crippen molar-refractivity contribution in [3.63, 3.8) is 0 Å². The van der Waals surface area contributed by atoms with Gasteiger partial charge in [-0.25, -0.2) is 0 Å². The van der Waals surface area contributed by atoms with E-state index in [0.29, 0.717) is 11.0 Å². The Morgan fingerprint density at radius 3 is 2.79 bits per heavy atom. The maximum atomic E-state index is 9.93. The summed E-state index contributed by atoms with van der Waals surface area (Å²) in [4.78, 5) is 0. The van der Waals surface area contributed by atoms with Crippen LogP contribution in [0.4, 0.5) is 5.69 Å². The number of aromatic hydroxyl groups is 1. The minimum Gasteiger partial charge on any atom is -0.506 e. The molecule has 0 radical (unpaired) electrons. The van der Waals surface area contributed by atoms with E-state index in [1.54, 1.807) is 7.11 Å². The van der Waals surface area contributed by atoms with E-state index in [1.807, 2.05) is 43.3 Å². The van der Waals surface area contributed by atoms with Crippen LogP contribution in [0.15, 0.2) is 40.9 Å². The van der Waals surface area contributed by atoms with E-state index in [9.17, 15) is 5.11 Å². The molecule has 19 heavy (non-hydrogen) atoms. The number of ether oxygens (including phenoxy) is 1. The molecule has 0 saturated carbocycles. The van der Waals surface area contributed by atoms with Crippen molar-refractivity contribution in [1.29, 1.82) is 0 Å². The fourth-order valence-electron chi connectivity index (χ4n) is 1.84. The lowest BCUT2D eigenvalue weighted by molar-refractivity contribution is 0.416. The van der Waals surface area contributed by atoms with Gasteiger partial charge in [-0.15, -0.1) is 0 Å². The van der Waals surface area contributed by atoms with Gasteiger partial charge in [0.05, 0.1) is 17.3 Å². The summed E-state index contributed by atoms with van der Waals surface area (Å²) < 4.78 is 6.03. The van der Waals surface area contributed by atoms with Gasteiger partial charge in [-0.2, -0.15) is 0 Å². The lowest BCUT2D eigenvalue weighted by Gasteiger charge is -2.13. The number of rotatable bonds is 4. The van der Waals surface area contributed by atoms with Gasteiger partial charge in [0.1, 0.15) is 11.5 Å². The molecule has 0 atom stereocenters. The Kier molecular flexibility index (Phi) is 4.32. The molecule has 0 amide bonds. The van der Waals surface area contributed by atoms with Crippen molar-refractivity contribution in [2.24, 2.45) is 0 Å². The van der Waals surface area contributed by atoms with Crippen molar-refractivity contribution in [2.45, 2.75) is 13.5 Å². The summed E-state index contributed by atoms with van der Waals surface area (Å²) in [7, 11) is 1.65. The molecule has 0 aromatic heterocycles. The van der Waals surface area contributed by atoms with Gasteiger partial charge < -0.3 is 15.2 Å². The molecule has 0 spiro atoms. The predicted molar refractivity (Wildman–Crippen MR) is 80.9 cm³/mol. The van der Waals surface area contributed by atoms with E-state index < -0.39 is 0 Å². The first-order chi connectivity index (χ1) is 9.11. The van der Waals surface area contributed by atoms with E-state index in [4.69, 9.17) is 4.74 Å². The lowest BCUT2D eigenvalue weighted by atomic mass is 10.1. The highest BCUT2D eigenvalue weighted by Gasteiger charge is 2.06. The van der Waals surface area contributed by atoms with Gasteiger partial charge in [0.2, 0.25) is 0 Å². The van der Waals surface area contributed by atoms with Crippen LogP contribution in [-0.4, -0.2) is 12.2 Å². The molecule has 0 aliphatic heterocycles. The van der Waals surface area contributed by atoms with E-state index in [-0.39, 0.29) is 5.75 Å². The van der Waals surface area contributed by atoms with Crippen LogP contribution < -0.4 is 10.1 Å². The van der Waals surface area contributed by atoms with Crippen LogP contribution >= 0.6 is 15.9 Å². The van der Waals surface area contributed by atoms with Crippen LogP contribution in [0.25, 0.3) is 0 Å². The summed E-state index contributed by atoms with van der Waals surface area (Å²) in [5.41, 5.74) is 2.89. The highest BCUT2D eigenvalue weighted by Crippen LogP contribution is 2.30. The number of anilines is 1. The molecule has 3 nitrogen and oxygen atoms in total. The molecule has 2 N–H and O–H groups in total. The number of hydrogen-bond donors (Lipinski definition) is 2. The maximum absolute atomic E-state index is 9.93. The number of para-hydroxylation sites is 1. The van der Waals surface area contributed by atoms with Crippen molar-refractivity contribution < 1.29 is 9.84 Å². The fourth-order valence-corrected chi connectivity index (χ4v) is 2.24. The Morgan fingerprint density at radius 2 is 2.05 bits per heavy atom. The second-order valence-electron chi connectivity index (χ2n) is 4.30. The van der Waals surface area contributed by atoms with Crippen LogP contribution in [0.5, 0.6) is 11.5 Å². The Hall–Kier alpha value is -1.68. The first-order valence-corrected chi connectivity index (χ1v) is 6.76. The zero-order chi connectivity index (χ0) is 13.8. The van der Waals surface area contributed by atoms with Crippen molar-refractivity contribution in [1.82, 2.24) is 0 Å². The third-order valence-electron chi connectivity index (χ3n) is 2.90. The summed E-state index contributed by atoms with van der Waals surface area (Å²) >= 11 is 3.31. The molecule has 4 heteroatoms. The zero-order valence-electron chi connectivity index (χ0n) is 10.9. The largest absolute Gasteiger partial charge is 0.506 e. The number of phenolic OH excluding ortho intramolecular Hbond substituents is 1. The van der Waals surface area contributed by atoms with E-state index in [0.717, 1.165) is 22.6 Å². The number of benzene rings is 2. The van der Waals surface area contributed by atoms with Gasteiger partial charge in [-0.05, 0) is 46.6 Å². The van der Waals surface area contributed by atoms with E-state index >= 15 is 0 Å². The molecule has 0 unspecified atom stereocenters. The van der Waals surface area contributed by atoms with Crippen molar-refractivity contribution in [2.75, 3.05) is 12.4 Å². The van der Waals surface area contributed by atoms with Crippen molar-refractivity contribution in [3.8, 4) is 11.5 Å². The van der Waals surface area contributed by atoms with Crippen LogP contribution in [0.1, 0.15) is 11.1 Å². The van der Waals surface area contributed by atoms with Crippen LogP contribution in [0, 0.1) is 6.92 Å². The zero-order valence-corrected chi connectivity index (χ0v) is 12.5. The monoisotopic (exact) mass is 321 g/mol. The number of nitrogens with one attached hydrogen (secondary N) is 1. The molecule has 2 rings (SSSR count). The minimum atomic E-state index is 0.265. The molecular formula is C15H16BrNO2. The topological polar surface area (TPSA) is 41.5 Å². The number of phenols is 1. The summed E-state index contributed by atoms with van der Waals surface area (Å²) in [5, 5.41) is 13.2. The molecule has 2 aromatic rings. The molecule has 2 aromatic carbocycles. The molecule has 0 aliphatic carbocycles. The molecule has 0 saturated heterocycles. The standard InChI is InChI=1S/C15H16BrNO2/c1-10-6-7-13(14(8-10)19-2)17-9-11-4-3-5-12(16)15(11)18/h3-8,17-18H,9H2,1-2H3. The summed E-state index contributed by atoms with van der Waals surface area (Å²) in [6, 6.07) is 11.6. The summed E-state index contributed by atoms with van der Waals surface area (Å²) in [6.07, 6.45) is 0. The smallest absolute Gasteiger partial charge is 0.142 e. The quantitative estimate of drug-likeness (QED) is 0.891. The Balaban J connectivity index is 2.17. The van der Waals surface area contributed by atoms with E-state index in [2.05, 4.69) is 21.2 Å². The van der Waals surface area contributed by atoms with Crippen LogP contribution in [0.3, 0.4) is 0 Å². The van der Waals surface area contributed by atoms with Crippen molar-refractivity contribution in [3.05, 3.63) is 52.0 Å². The average Bonchev–Trinajstić information content (AvgIpc) is 2.41. The first-order valence-electron chi connectivity index (χ1n) is 5.96. The van der Waals surface area contributed by atoms with Gasteiger partial charge in [0.25, 0.3) is 0 Å². The third-order valence-corrected chi connectivity index (χ3v) is 3.54. The number of methoxy groups -OCH3 is 1. The number of halogens is 1. The predicted octanol–water partition coefficient (Wildman–Crippen LogP) is 4.08. The van der Waals surface area contributed by atoms with Gasteiger partial charge >= 0.3 is 0 Å². The molecule has 100 valence electrons. The number of hydrogen-bond acceptors (Lipinski definition) is 3. The SMILES string of the molecule is COc1cc(C)ccc1NCc1cccc(Br)c1O. The molecule has 0 bridgehead atoms. The highest BCUT2D eigenvalue weighted by atomic mass is 79.9. The highest BCUT2D eigenvalue weighted by molar-refractivity contribution is 9.10. The normalized spacial score (nSPS) is 10.3. The van der Waals surface area contributed by atoms with E-state index in [1.165, 1.54) is 0 Å². The van der Waals surface area contributed by atoms with Gasteiger partial charge in [-0.1, -0.05) is 18.2 Å². The third kappa shape index (κ3) is 3.20. The first kappa shape index (κ1) is 13.7. The minimum absolute atomic E-state index is 0.265. The van der Waals surface area contributed by atoms with Crippen LogP contribution in [0.2, 0.25) is 0 Å². The lowest BCUT2D eigenvalue weighted by Crippen LogP contribution is -2.02. The Labute approximate surface area is 121 Å². The van der Waals surface area contributed by atoms with Crippen molar-refractivity contribution >= 4 is 21.6 Å². The second kappa shape index (κ2) is 5.97.